The Balaban J connectivity index is 2.01. The highest BCUT2D eigenvalue weighted by Gasteiger charge is 2.45. The van der Waals surface area contributed by atoms with E-state index in [1.165, 1.54) is 4.90 Å². The number of aliphatic hydroxyl groups excluding tert-OH is 1. The SMILES string of the molecule is CCCOc1ccc(/C(O)=C2/C(=O)C(=O)N(CCCOC)C2c2ccc(OC(C)C)cc2)cc1. The predicted octanol–water partition coefficient (Wildman–Crippen LogP) is 4.72. The Morgan fingerprint density at radius 3 is 2.24 bits per heavy atom. The molecule has 0 spiro atoms. The van der Waals surface area contributed by atoms with Crippen LogP contribution in [0.2, 0.25) is 0 Å². The molecule has 1 atom stereocenters. The lowest BCUT2D eigenvalue weighted by atomic mass is 9.95. The van der Waals surface area contributed by atoms with Crippen molar-refractivity contribution >= 4 is 17.4 Å². The molecule has 2 aromatic rings. The number of carbonyl (C=O) groups is 2. The summed E-state index contributed by atoms with van der Waals surface area (Å²) in [6.07, 6.45) is 1.47. The Kier molecular flexibility index (Phi) is 8.71. The molecule has 0 bridgehead atoms. The number of ketones is 1. The first-order valence-corrected chi connectivity index (χ1v) is 11.6. The van der Waals surface area contributed by atoms with Crippen molar-refractivity contribution in [3.63, 3.8) is 0 Å². The highest BCUT2D eigenvalue weighted by molar-refractivity contribution is 6.46. The monoisotopic (exact) mass is 467 g/mol. The summed E-state index contributed by atoms with van der Waals surface area (Å²) < 4.78 is 16.5. The van der Waals surface area contributed by atoms with Crippen LogP contribution in [0.3, 0.4) is 0 Å². The Bertz CT molecular complexity index is 1010. The second-order valence-corrected chi connectivity index (χ2v) is 8.45. The third-order valence-corrected chi connectivity index (χ3v) is 5.46. The number of ether oxygens (including phenoxy) is 3. The minimum atomic E-state index is -0.707. The summed E-state index contributed by atoms with van der Waals surface area (Å²) in [5.74, 6) is -0.169. The van der Waals surface area contributed by atoms with Crippen molar-refractivity contribution in [2.24, 2.45) is 0 Å². The largest absolute Gasteiger partial charge is 0.507 e. The van der Waals surface area contributed by atoms with Crippen molar-refractivity contribution < 1.29 is 28.9 Å². The van der Waals surface area contributed by atoms with E-state index in [0.29, 0.717) is 43.2 Å². The van der Waals surface area contributed by atoms with E-state index >= 15 is 0 Å². The molecule has 1 fully saturated rings. The first-order chi connectivity index (χ1) is 16.4. The van der Waals surface area contributed by atoms with Gasteiger partial charge in [-0.15, -0.1) is 0 Å². The molecule has 182 valence electrons. The summed E-state index contributed by atoms with van der Waals surface area (Å²) in [6.45, 7) is 7.28. The van der Waals surface area contributed by atoms with E-state index in [1.807, 2.05) is 45.0 Å². The summed E-state index contributed by atoms with van der Waals surface area (Å²) in [6, 6.07) is 13.4. The van der Waals surface area contributed by atoms with Gasteiger partial charge in [0.05, 0.1) is 24.3 Å². The van der Waals surface area contributed by atoms with Crippen LogP contribution in [0.1, 0.15) is 50.8 Å². The van der Waals surface area contributed by atoms with E-state index in [1.54, 1.807) is 31.4 Å². The Morgan fingerprint density at radius 2 is 1.65 bits per heavy atom. The molecule has 3 rings (SSSR count). The molecule has 34 heavy (non-hydrogen) atoms. The number of benzene rings is 2. The third-order valence-electron chi connectivity index (χ3n) is 5.46. The fourth-order valence-electron chi connectivity index (χ4n) is 3.92. The normalized spacial score (nSPS) is 17.4. The van der Waals surface area contributed by atoms with Crippen LogP contribution in [-0.2, 0) is 14.3 Å². The number of amides is 1. The quantitative estimate of drug-likeness (QED) is 0.223. The van der Waals surface area contributed by atoms with Crippen LogP contribution in [0.25, 0.3) is 5.76 Å². The predicted molar refractivity (Wildman–Crippen MR) is 130 cm³/mol. The summed E-state index contributed by atoms with van der Waals surface area (Å²) in [4.78, 5) is 27.5. The number of nitrogens with zero attached hydrogens (tertiary/aromatic N) is 1. The number of rotatable bonds is 11. The van der Waals surface area contributed by atoms with Crippen LogP contribution < -0.4 is 9.47 Å². The maximum absolute atomic E-state index is 13.1. The minimum Gasteiger partial charge on any atom is -0.507 e. The Labute approximate surface area is 200 Å². The number of hydrogen-bond acceptors (Lipinski definition) is 6. The fourth-order valence-corrected chi connectivity index (χ4v) is 3.92. The van der Waals surface area contributed by atoms with Crippen molar-refractivity contribution in [3.8, 4) is 11.5 Å². The van der Waals surface area contributed by atoms with E-state index in [2.05, 4.69) is 0 Å². The van der Waals surface area contributed by atoms with Crippen molar-refractivity contribution in [1.29, 1.82) is 0 Å². The molecule has 7 heteroatoms. The van der Waals surface area contributed by atoms with Crippen LogP contribution in [0.4, 0.5) is 0 Å². The maximum atomic E-state index is 13.1. The zero-order valence-corrected chi connectivity index (χ0v) is 20.2. The van der Waals surface area contributed by atoms with E-state index in [9.17, 15) is 14.7 Å². The van der Waals surface area contributed by atoms with Crippen molar-refractivity contribution in [3.05, 3.63) is 65.2 Å². The number of hydrogen-bond donors (Lipinski definition) is 1. The molecular formula is C27H33NO6. The minimum absolute atomic E-state index is 0.0230. The van der Waals surface area contributed by atoms with Gasteiger partial charge in [-0.2, -0.15) is 0 Å². The van der Waals surface area contributed by atoms with Gasteiger partial charge < -0.3 is 24.2 Å². The zero-order chi connectivity index (χ0) is 24.7. The first kappa shape index (κ1) is 25.3. The number of likely N-dealkylation sites (tertiary alicyclic amines) is 1. The van der Waals surface area contributed by atoms with E-state index < -0.39 is 17.7 Å². The van der Waals surface area contributed by atoms with Gasteiger partial charge in [-0.1, -0.05) is 19.1 Å². The van der Waals surface area contributed by atoms with Crippen LogP contribution >= 0.6 is 0 Å². The molecule has 0 aliphatic carbocycles. The van der Waals surface area contributed by atoms with Crippen molar-refractivity contribution in [1.82, 2.24) is 4.90 Å². The van der Waals surface area contributed by atoms with Gasteiger partial charge in [0.1, 0.15) is 17.3 Å². The molecule has 1 aliphatic heterocycles. The van der Waals surface area contributed by atoms with Gasteiger partial charge in [-0.25, -0.2) is 0 Å². The molecular weight excluding hydrogens is 434 g/mol. The molecule has 2 aromatic carbocycles. The average molecular weight is 468 g/mol. The van der Waals surface area contributed by atoms with Crippen molar-refractivity contribution in [2.75, 3.05) is 26.9 Å². The average Bonchev–Trinajstić information content (AvgIpc) is 3.08. The first-order valence-electron chi connectivity index (χ1n) is 11.6. The van der Waals surface area contributed by atoms with Gasteiger partial charge >= 0.3 is 0 Å². The standard InChI is InChI=1S/C27H33NO6/c1-5-16-33-21-11-9-20(10-12-21)25(29)23-24(19-7-13-22(14-8-19)34-18(2)3)28(15-6-17-32-4)27(31)26(23)30/h7-14,18,24,29H,5-6,15-17H2,1-4H3/b25-23-. The fraction of sp³-hybridized carbons (Fsp3) is 0.407. The van der Waals surface area contributed by atoms with E-state index in [0.717, 1.165) is 12.0 Å². The third kappa shape index (κ3) is 5.78. The number of carbonyl (C=O) groups excluding carboxylic acids is 2. The summed E-state index contributed by atoms with van der Waals surface area (Å²) in [5.41, 5.74) is 1.24. The van der Waals surface area contributed by atoms with Gasteiger partial charge in [0.2, 0.25) is 0 Å². The molecule has 0 radical (unpaired) electrons. The van der Waals surface area contributed by atoms with Crippen LogP contribution in [0.15, 0.2) is 54.1 Å². The highest BCUT2D eigenvalue weighted by Crippen LogP contribution is 2.40. The number of Topliss-reactive ketones (excluding diaryl/α,β-unsaturated/α-hetero) is 1. The smallest absolute Gasteiger partial charge is 0.295 e. The lowest BCUT2D eigenvalue weighted by molar-refractivity contribution is -0.140. The lowest BCUT2D eigenvalue weighted by Gasteiger charge is -2.25. The Morgan fingerprint density at radius 1 is 1.00 bits per heavy atom. The molecule has 1 saturated heterocycles. The molecule has 1 amide bonds. The maximum Gasteiger partial charge on any atom is 0.295 e. The molecule has 1 heterocycles. The second-order valence-electron chi connectivity index (χ2n) is 8.45. The van der Waals surface area contributed by atoms with Crippen LogP contribution in [-0.4, -0.2) is 54.7 Å². The number of aliphatic hydroxyl groups is 1. The molecule has 1 N–H and O–H groups in total. The molecule has 1 aliphatic rings. The van der Waals surface area contributed by atoms with E-state index in [4.69, 9.17) is 14.2 Å². The second kappa shape index (κ2) is 11.7. The van der Waals surface area contributed by atoms with Crippen LogP contribution in [0.5, 0.6) is 11.5 Å². The molecule has 0 saturated carbocycles. The lowest BCUT2D eigenvalue weighted by Crippen LogP contribution is -2.31. The van der Waals surface area contributed by atoms with Gasteiger partial charge in [-0.3, -0.25) is 9.59 Å². The highest BCUT2D eigenvalue weighted by atomic mass is 16.5. The summed E-state index contributed by atoms with van der Waals surface area (Å²) in [5, 5.41) is 11.2. The zero-order valence-electron chi connectivity index (χ0n) is 20.2. The molecule has 0 aromatic heterocycles. The Hall–Kier alpha value is -3.32. The van der Waals surface area contributed by atoms with Gasteiger partial charge in [-0.05, 0) is 68.7 Å². The van der Waals surface area contributed by atoms with Crippen molar-refractivity contribution in [2.45, 2.75) is 45.8 Å². The molecule has 7 nitrogen and oxygen atoms in total. The van der Waals surface area contributed by atoms with Crippen LogP contribution in [0, 0.1) is 0 Å². The molecule has 1 unspecified atom stereocenters. The topological polar surface area (TPSA) is 85.3 Å². The van der Waals surface area contributed by atoms with E-state index in [-0.39, 0.29) is 17.4 Å². The van der Waals surface area contributed by atoms with Gasteiger partial charge in [0.25, 0.3) is 11.7 Å². The summed E-state index contributed by atoms with van der Waals surface area (Å²) in [7, 11) is 1.59. The van der Waals surface area contributed by atoms with Gasteiger partial charge in [0.15, 0.2) is 0 Å². The number of methoxy groups -OCH3 is 1. The van der Waals surface area contributed by atoms with Gasteiger partial charge in [0, 0.05) is 25.8 Å². The summed E-state index contributed by atoms with van der Waals surface area (Å²) >= 11 is 0.